The van der Waals surface area contributed by atoms with Gasteiger partial charge in [0, 0.05) is 24.3 Å². The molecule has 0 saturated carbocycles. The SMILES string of the molecule is CC(C)(CN)CNc1ccc2c(c1)CCC(=O)N2. The predicted molar refractivity (Wildman–Crippen MR) is 74.7 cm³/mol. The number of nitrogens with one attached hydrogen (secondary N) is 2. The summed E-state index contributed by atoms with van der Waals surface area (Å²) in [4.78, 5) is 11.3. The highest BCUT2D eigenvalue weighted by atomic mass is 16.1. The maximum atomic E-state index is 11.3. The standard InChI is InChI=1S/C14H21N3O/c1-14(2,8-15)9-16-11-4-5-12-10(7-11)3-6-13(18)17-12/h4-5,7,16H,3,6,8-9,15H2,1-2H3,(H,17,18). The lowest BCUT2D eigenvalue weighted by atomic mass is 9.93. The Morgan fingerprint density at radius 2 is 2.17 bits per heavy atom. The van der Waals surface area contributed by atoms with Gasteiger partial charge in [-0.25, -0.2) is 0 Å². The van der Waals surface area contributed by atoms with Gasteiger partial charge in [0.25, 0.3) is 0 Å². The van der Waals surface area contributed by atoms with Crippen LogP contribution >= 0.6 is 0 Å². The first kappa shape index (κ1) is 12.9. The van der Waals surface area contributed by atoms with Crippen LogP contribution in [-0.2, 0) is 11.2 Å². The summed E-state index contributed by atoms with van der Waals surface area (Å²) in [7, 11) is 0. The van der Waals surface area contributed by atoms with E-state index in [9.17, 15) is 4.79 Å². The molecule has 0 bridgehead atoms. The number of rotatable bonds is 4. The third-order valence-electron chi connectivity index (χ3n) is 3.32. The van der Waals surface area contributed by atoms with Crippen LogP contribution in [0.2, 0.25) is 0 Å². The number of carbonyl (C=O) groups is 1. The maximum absolute atomic E-state index is 11.3. The number of carbonyl (C=O) groups excluding carboxylic acids is 1. The average molecular weight is 247 g/mol. The molecule has 4 heteroatoms. The molecule has 0 atom stereocenters. The van der Waals surface area contributed by atoms with Gasteiger partial charge in [-0.15, -0.1) is 0 Å². The number of hydrogen-bond acceptors (Lipinski definition) is 3. The van der Waals surface area contributed by atoms with Gasteiger partial charge in [-0.05, 0) is 42.1 Å². The van der Waals surface area contributed by atoms with Crippen molar-refractivity contribution in [2.45, 2.75) is 26.7 Å². The first-order chi connectivity index (χ1) is 8.50. The first-order valence-electron chi connectivity index (χ1n) is 6.37. The maximum Gasteiger partial charge on any atom is 0.224 e. The third kappa shape index (κ3) is 3.01. The fourth-order valence-electron chi connectivity index (χ4n) is 1.91. The number of aryl methyl sites for hydroxylation is 1. The van der Waals surface area contributed by atoms with Crippen molar-refractivity contribution in [2.24, 2.45) is 11.1 Å². The topological polar surface area (TPSA) is 67.1 Å². The van der Waals surface area contributed by atoms with E-state index in [1.807, 2.05) is 12.1 Å². The summed E-state index contributed by atoms with van der Waals surface area (Å²) in [5.41, 5.74) is 9.02. The monoisotopic (exact) mass is 247 g/mol. The summed E-state index contributed by atoms with van der Waals surface area (Å²) < 4.78 is 0. The summed E-state index contributed by atoms with van der Waals surface area (Å²) in [5.74, 6) is 0.104. The third-order valence-corrected chi connectivity index (χ3v) is 3.32. The molecule has 0 saturated heterocycles. The minimum absolute atomic E-state index is 0.0874. The summed E-state index contributed by atoms with van der Waals surface area (Å²) in [5, 5.41) is 6.29. The molecule has 1 aliphatic rings. The second-order valence-electron chi connectivity index (χ2n) is 5.64. The van der Waals surface area contributed by atoms with Gasteiger partial charge in [0.15, 0.2) is 0 Å². The van der Waals surface area contributed by atoms with Crippen molar-refractivity contribution in [2.75, 3.05) is 23.7 Å². The summed E-state index contributed by atoms with van der Waals surface area (Å²) in [6.45, 7) is 5.77. The van der Waals surface area contributed by atoms with Crippen molar-refractivity contribution in [1.29, 1.82) is 0 Å². The van der Waals surface area contributed by atoms with E-state index in [-0.39, 0.29) is 11.3 Å². The Bertz CT molecular complexity index is 454. The Morgan fingerprint density at radius 3 is 2.89 bits per heavy atom. The molecule has 1 aromatic carbocycles. The molecule has 1 heterocycles. The lowest BCUT2D eigenvalue weighted by Gasteiger charge is -2.24. The van der Waals surface area contributed by atoms with Crippen molar-refractivity contribution in [3.63, 3.8) is 0 Å². The minimum Gasteiger partial charge on any atom is -0.384 e. The van der Waals surface area contributed by atoms with Gasteiger partial charge in [0.1, 0.15) is 0 Å². The molecule has 0 radical (unpaired) electrons. The average Bonchev–Trinajstić information content (AvgIpc) is 2.36. The Hall–Kier alpha value is -1.55. The van der Waals surface area contributed by atoms with Gasteiger partial charge >= 0.3 is 0 Å². The Labute approximate surface area is 108 Å². The van der Waals surface area contributed by atoms with Crippen LogP contribution in [0.1, 0.15) is 25.8 Å². The number of anilines is 2. The molecule has 4 nitrogen and oxygen atoms in total. The quantitative estimate of drug-likeness (QED) is 0.762. The van der Waals surface area contributed by atoms with E-state index in [1.165, 1.54) is 5.56 Å². The van der Waals surface area contributed by atoms with E-state index in [0.717, 1.165) is 24.3 Å². The molecule has 18 heavy (non-hydrogen) atoms. The fourth-order valence-corrected chi connectivity index (χ4v) is 1.91. The zero-order chi connectivity index (χ0) is 13.2. The van der Waals surface area contributed by atoms with Crippen LogP contribution in [0.4, 0.5) is 11.4 Å². The fraction of sp³-hybridized carbons (Fsp3) is 0.500. The van der Waals surface area contributed by atoms with Crippen molar-refractivity contribution < 1.29 is 4.79 Å². The largest absolute Gasteiger partial charge is 0.384 e. The van der Waals surface area contributed by atoms with E-state index >= 15 is 0 Å². The van der Waals surface area contributed by atoms with Gasteiger partial charge in [-0.3, -0.25) is 4.79 Å². The number of nitrogens with two attached hydrogens (primary N) is 1. The Balaban J connectivity index is 2.05. The highest BCUT2D eigenvalue weighted by Gasteiger charge is 2.17. The molecule has 1 aliphatic heterocycles. The highest BCUT2D eigenvalue weighted by molar-refractivity contribution is 5.94. The summed E-state index contributed by atoms with van der Waals surface area (Å²) >= 11 is 0. The first-order valence-corrected chi connectivity index (χ1v) is 6.37. The second-order valence-corrected chi connectivity index (χ2v) is 5.64. The van der Waals surface area contributed by atoms with Crippen molar-refractivity contribution >= 4 is 17.3 Å². The van der Waals surface area contributed by atoms with E-state index in [4.69, 9.17) is 5.73 Å². The molecule has 2 rings (SSSR count). The number of benzene rings is 1. The normalized spacial score (nSPS) is 14.9. The van der Waals surface area contributed by atoms with Crippen LogP contribution in [0.5, 0.6) is 0 Å². The van der Waals surface area contributed by atoms with E-state index in [1.54, 1.807) is 0 Å². The van der Waals surface area contributed by atoms with Crippen LogP contribution in [0, 0.1) is 5.41 Å². The minimum atomic E-state index is 0.0874. The zero-order valence-corrected chi connectivity index (χ0v) is 11.0. The van der Waals surface area contributed by atoms with Gasteiger partial charge < -0.3 is 16.4 Å². The molecular formula is C14H21N3O. The predicted octanol–water partition coefficient (Wildman–Crippen LogP) is 1.97. The molecule has 1 aromatic rings. The molecule has 0 aliphatic carbocycles. The number of fused-ring (bicyclic) bond motifs is 1. The summed E-state index contributed by atoms with van der Waals surface area (Å²) in [6.07, 6.45) is 1.39. The van der Waals surface area contributed by atoms with E-state index < -0.39 is 0 Å². The molecule has 0 unspecified atom stereocenters. The molecule has 0 aromatic heterocycles. The van der Waals surface area contributed by atoms with Gasteiger partial charge in [-0.1, -0.05) is 13.8 Å². The molecule has 4 N–H and O–H groups in total. The summed E-state index contributed by atoms with van der Waals surface area (Å²) in [6, 6.07) is 6.07. The zero-order valence-electron chi connectivity index (χ0n) is 11.0. The van der Waals surface area contributed by atoms with Crippen LogP contribution in [0.25, 0.3) is 0 Å². The molecule has 0 spiro atoms. The van der Waals surface area contributed by atoms with Crippen LogP contribution < -0.4 is 16.4 Å². The smallest absolute Gasteiger partial charge is 0.224 e. The van der Waals surface area contributed by atoms with Crippen molar-refractivity contribution in [1.82, 2.24) is 0 Å². The molecule has 0 fully saturated rings. The Morgan fingerprint density at radius 1 is 1.39 bits per heavy atom. The molecule has 1 amide bonds. The van der Waals surface area contributed by atoms with E-state index in [2.05, 4.69) is 30.5 Å². The highest BCUT2D eigenvalue weighted by Crippen LogP contribution is 2.26. The van der Waals surface area contributed by atoms with E-state index in [0.29, 0.717) is 13.0 Å². The molecule has 98 valence electrons. The van der Waals surface area contributed by atoms with Crippen LogP contribution in [0.3, 0.4) is 0 Å². The number of amides is 1. The van der Waals surface area contributed by atoms with Gasteiger partial charge in [-0.2, -0.15) is 0 Å². The van der Waals surface area contributed by atoms with Gasteiger partial charge in [0.2, 0.25) is 5.91 Å². The van der Waals surface area contributed by atoms with Crippen LogP contribution in [-0.4, -0.2) is 19.0 Å². The van der Waals surface area contributed by atoms with Crippen molar-refractivity contribution in [3.8, 4) is 0 Å². The lowest BCUT2D eigenvalue weighted by Crippen LogP contribution is -2.31. The Kier molecular flexibility index (Phi) is 3.57. The van der Waals surface area contributed by atoms with Crippen LogP contribution in [0.15, 0.2) is 18.2 Å². The second kappa shape index (κ2) is 4.98. The lowest BCUT2D eigenvalue weighted by molar-refractivity contribution is -0.116. The molecular weight excluding hydrogens is 226 g/mol. The van der Waals surface area contributed by atoms with Gasteiger partial charge in [0.05, 0.1) is 0 Å². The number of hydrogen-bond donors (Lipinski definition) is 3. The van der Waals surface area contributed by atoms with Crippen molar-refractivity contribution in [3.05, 3.63) is 23.8 Å².